The smallest absolute Gasteiger partial charge is 0.178 e. The summed E-state index contributed by atoms with van der Waals surface area (Å²) in [6.07, 6.45) is 0.553. The molecule has 0 saturated carbocycles. The summed E-state index contributed by atoms with van der Waals surface area (Å²) in [6.45, 7) is 4.76. The molecule has 0 radical (unpaired) electrons. The van der Waals surface area contributed by atoms with Crippen LogP contribution in [0, 0.1) is 5.92 Å². The first-order valence-electron chi connectivity index (χ1n) is 6.19. The van der Waals surface area contributed by atoms with Crippen LogP contribution in [0.5, 0.6) is 0 Å². The van der Waals surface area contributed by atoms with Gasteiger partial charge in [-0.25, -0.2) is 8.42 Å². The maximum absolute atomic E-state index is 11.9. The zero-order valence-corrected chi connectivity index (χ0v) is 11.5. The highest BCUT2D eigenvalue weighted by atomic mass is 32.2. The summed E-state index contributed by atoms with van der Waals surface area (Å²) < 4.78 is 23.9. The first-order valence-corrected chi connectivity index (χ1v) is 7.85. The molecular weight excluding hydrogens is 250 g/mol. The van der Waals surface area contributed by atoms with Crippen molar-refractivity contribution in [1.29, 1.82) is 0 Å². The van der Waals surface area contributed by atoms with Gasteiger partial charge in [0.2, 0.25) is 0 Å². The topological polar surface area (TPSA) is 55.4 Å². The molecule has 1 aromatic carbocycles. The molecule has 1 aliphatic heterocycles. The standard InChI is InChI=1S/C13H19NO3S/c1-10(2)9-17-14-12-7-8-18(15,16)13-6-4-3-5-11(12)13/h3-6,10,12,14H,7-9H2,1-2H3. The third kappa shape index (κ3) is 2.91. The van der Waals surface area contributed by atoms with Gasteiger partial charge in [-0.1, -0.05) is 32.0 Å². The Hall–Kier alpha value is -0.910. The lowest BCUT2D eigenvalue weighted by Gasteiger charge is -2.26. The molecule has 1 aliphatic rings. The molecule has 1 aromatic rings. The van der Waals surface area contributed by atoms with E-state index in [9.17, 15) is 8.42 Å². The van der Waals surface area contributed by atoms with E-state index in [2.05, 4.69) is 19.3 Å². The Morgan fingerprint density at radius 2 is 2.11 bits per heavy atom. The second-order valence-corrected chi connectivity index (χ2v) is 7.10. The van der Waals surface area contributed by atoms with Crippen molar-refractivity contribution in [1.82, 2.24) is 5.48 Å². The minimum atomic E-state index is -3.11. The molecule has 0 bridgehead atoms. The third-order valence-electron chi connectivity index (χ3n) is 2.95. The van der Waals surface area contributed by atoms with Gasteiger partial charge in [-0.3, -0.25) is 0 Å². The van der Waals surface area contributed by atoms with Crippen LogP contribution < -0.4 is 5.48 Å². The first kappa shape index (κ1) is 13.5. The van der Waals surface area contributed by atoms with E-state index < -0.39 is 9.84 Å². The van der Waals surface area contributed by atoms with E-state index in [1.54, 1.807) is 12.1 Å². The molecule has 1 N–H and O–H groups in total. The molecule has 100 valence electrons. The molecule has 1 heterocycles. The average Bonchev–Trinajstić information content (AvgIpc) is 2.32. The molecule has 4 nitrogen and oxygen atoms in total. The fraction of sp³-hybridized carbons (Fsp3) is 0.538. The number of fused-ring (bicyclic) bond motifs is 1. The quantitative estimate of drug-likeness (QED) is 0.850. The maximum Gasteiger partial charge on any atom is 0.178 e. The fourth-order valence-corrected chi connectivity index (χ4v) is 3.65. The van der Waals surface area contributed by atoms with Crippen molar-refractivity contribution >= 4 is 9.84 Å². The van der Waals surface area contributed by atoms with Crippen molar-refractivity contribution in [2.45, 2.75) is 31.2 Å². The van der Waals surface area contributed by atoms with E-state index in [1.807, 2.05) is 12.1 Å². The van der Waals surface area contributed by atoms with E-state index in [0.717, 1.165) is 5.56 Å². The van der Waals surface area contributed by atoms with E-state index in [1.165, 1.54) is 0 Å². The summed E-state index contributed by atoms with van der Waals surface area (Å²) >= 11 is 0. The number of nitrogens with one attached hydrogen (secondary N) is 1. The lowest BCUT2D eigenvalue weighted by Crippen LogP contribution is -2.30. The summed E-state index contributed by atoms with van der Waals surface area (Å²) in [5, 5.41) is 0. The summed E-state index contributed by atoms with van der Waals surface area (Å²) in [7, 11) is -3.11. The minimum absolute atomic E-state index is 0.0384. The SMILES string of the molecule is CC(C)CONC1CCS(=O)(=O)c2ccccc21. The van der Waals surface area contributed by atoms with E-state index in [4.69, 9.17) is 4.84 Å². The molecule has 2 rings (SSSR count). The molecule has 5 heteroatoms. The Morgan fingerprint density at radius 3 is 2.83 bits per heavy atom. The molecule has 0 spiro atoms. The molecule has 0 saturated heterocycles. The van der Waals surface area contributed by atoms with Gasteiger partial charge in [-0.15, -0.1) is 0 Å². The molecular formula is C13H19NO3S. The van der Waals surface area contributed by atoms with Gasteiger partial charge in [-0.05, 0) is 24.0 Å². The van der Waals surface area contributed by atoms with Crippen LogP contribution in [0.15, 0.2) is 29.2 Å². The number of benzene rings is 1. The zero-order chi connectivity index (χ0) is 13.2. The lowest BCUT2D eigenvalue weighted by atomic mass is 10.1. The Bertz CT molecular complexity index is 511. The van der Waals surface area contributed by atoms with Crippen molar-refractivity contribution in [2.24, 2.45) is 5.92 Å². The lowest BCUT2D eigenvalue weighted by molar-refractivity contribution is -0.00143. The number of hydrogen-bond acceptors (Lipinski definition) is 4. The predicted molar refractivity (Wildman–Crippen MR) is 69.8 cm³/mol. The monoisotopic (exact) mass is 269 g/mol. The van der Waals surface area contributed by atoms with Crippen LogP contribution in [0.3, 0.4) is 0 Å². The van der Waals surface area contributed by atoms with Gasteiger partial charge in [0.1, 0.15) is 0 Å². The van der Waals surface area contributed by atoms with Gasteiger partial charge < -0.3 is 4.84 Å². The Kier molecular flexibility index (Phi) is 4.04. The van der Waals surface area contributed by atoms with Crippen LogP contribution in [0.2, 0.25) is 0 Å². The van der Waals surface area contributed by atoms with Crippen molar-refractivity contribution in [3.05, 3.63) is 29.8 Å². The normalized spacial score (nSPS) is 21.8. The van der Waals surface area contributed by atoms with Gasteiger partial charge in [0.25, 0.3) is 0 Å². The maximum atomic E-state index is 11.9. The molecule has 0 aromatic heterocycles. The van der Waals surface area contributed by atoms with Crippen molar-refractivity contribution in [3.63, 3.8) is 0 Å². The second kappa shape index (κ2) is 5.38. The Morgan fingerprint density at radius 1 is 1.39 bits per heavy atom. The van der Waals surface area contributed by atoms with Gasteiger partial charge >= 0.3 is 0 Å². The van der Waals surface area contributed by atoms with Crippen LogP contribution in [-0.4, -0.2) is 20.8 Å². The van der Waals surface area contributed by atoms with Gasteiger partial charge in [0.05, 0.1) is 23.3 Å². The number of hydrogen-bond donors (Lipinski definition) is 1. The van der Waals surface area contributed by atoms with Crippen LogP contribution in [-0.2, 0) is 14.7 Å². The van der Waals surface area contributed by atoms with Gasteiger partial charge in [0, 0.05) is 0 Å². The molecule has 0 aliphatic carbocycles. The van der Waals surface area contributed by atoms with Crippen LogP contribution >= 0.6 is 0 Å². The molecule has 0 amide bonds. The first-order chi connectivity index (χ1) is 8.50. The van der Waals surface area contributed by atoms with Crippen LogP contribution in [0.25, 0.3) is 0 Å². The number of rotatable bonds is 4. The summed E-state index contributed by atoms with van der Waals surface area (Å²) in [5.41, 5.74) is 3.79. The highest BCUT2D eigenvalue weighted by molar-refractivity contribution is 7.91. The molecule has 1 unspecified atom stereocenters. The van der Waals surface area contributed by atoms with Gasteiger partial charge in [0.15, 0.2) is 9.84 Å². The van der Waals surface area contributed by atoms with Crippen molar-refractivity contribution in [3.8, 4) is 0 Å². The third-order valence-corrected chi connectivity index (χ3v) is 4.76. The predicted octanol–water partition coefficient (Wildman–Crippen LogP) is 2.08. The highest BCUT2D eigenvalue weighted by Crippen LogP contribution is 2.31. The summed E-state index contributed by atoms with van der Waals surface area (Å²) in [6, 6.07) is 7.09. The largest absolute Gasteiger partial charge is 0.301 e. The highest BCUT2D eigenvalue weighted by Gasteiger charge is 2.29. The molecule has 18 heavy (non-hydrogen) atoms. The van der Waals surface area contributed by atoms with E-state index >= 15 is 0 Å². The minimum Gasteiger partial charge on any atom is -0.301 e. The van der Waals surface area contributed by atoms with Crippen LogP contribution in [0.1, 0.15) is 31.9 Å². The molecule has 0 fully saturated rings. The number of sulfone groups is 1. The fourth-order valence-electron chi connectivity index (χ4n) is 2.03. The Labute approximate surface area is 108 Å². The van der Waals surface area contributed by atoms with Crippen molar-refractivity contribution in [2.75, 3.05) is 12.4 Å². The summed E-state index contributed by atoms with van der Waals surface area (Å²) in [4.78, 5) is 5.85. The van der Waals surface area contributed by atoms with E-state index in [0.29, 0.717) is 23.8 Å². The van der Waals surface area contributed by atoms with Crippen molar-refractivity contribution < 1.29 is 13.3 Å². The van der Waals surface area contributed by atoms with Gasteiger partial charge in [-0.2, -0.15) is 5.48 Å². The average molecular weight is 269 g/mol. The summed E-state index contributed by atoms with van der Waals surface area (Å²) in [5.74, 6) is 0.618. The Balaban J connectivity index is 2.16. The zero-order valence-electron chi connectivity index (χ0n) is 10.7. The molecule has 1 atom stereocenters. The second-order valence-electron chi connectivity index (χ2n) is 5.02. The van der Waals surface area contributed by atoms with Crippen LogP contribution in [0.4, 0.5) is 0 Å². The number of hydroxylamine groups is 1. The van der Waals surface area contributed by atoms with E-state index in [-0.39, 0.29) is 11.8 Å².